The van der Waals surface area contributed by atoms with Gasteiger partial charge in [-0.15, -0.1) is 0 Å². The molecule has 2 heterocycles. The molecule has 2 aliphatic rings. The molecule has 0 aromatic rings. The Morgan fingerprint density at radius 1 is 1.38 bits per heavy atom. The van der Waals surface area contributed by atoms with Gasteiger partial charge in [0, 0.05) is 13.2 Å². The zero-order valence-electron chi connectivity index (χ0n) is 13.9. The minimum Gasteiger partial charge on any atom is -0.465 e. The van der Waals surface area contributed by atoms with E-state index in [1.807, 2.05) is 13.8 Å². The van der Waals surface area contributed by atoms with Crippen LogP contribution in [0.3, 0.4) is 0 Å². The van der Waals surface area contributed by atoms with E-state index in [2.05, 4.69) is 20.8 Å². The highest BCUT2D eigenvalue weighted by Gasteiger charge is 2.53. The first-order valence-electron chi connectivity index (χ1n) is 7.91. The molecule has 2 aliphatic heterocycles. The molecule has 21 heavy (non-hydrogen) atoms. The highest BCUT2D eigenvalue weighted by atomic mass is 16.6. The summed E-state index contributed by atoms with van der Waals surface area (Å²) in [5.41, 5.74) is -0.869. The lowest BCUT2D eigenvalue weighted by molar-refractivity contribution is -0.0925. The van der Waals surface area contributed by atoms with Gasteiger partial charge in [0.05, 0.1) is 12.1 Å². The number of carbonyl (C=O) groups is 1. The predicted octanol–water partition coefficient (Wildman–Crippen LogP) is 3.33. The highest BCUT2D eigenvalue weighted by Crippen LogP contribution is 2.43. The van der Waals surface area contributed by atoms with Crippen molar-refractivity contribution in [2.75, 3.05) is 13.2 Å². The number of carboxylic acid groups (broad SMARTS) is 1. The van der Waals surface area contributed by atoms with Crippen molar-refractivity contribution in [3.63, 3.8) is 0 Å². The largest absolute Gasteiger partial charge is 0.465 e. The Balaban J connectivity index is 2.22. The Hall–Kier alpha value is -0.810. The van der Waals surface area contributed by atoms with Gasteiger partial charge in [0.15, 0.2) is 0 Å². The van der Waals surface area contributed by atoms with Gasteiger partial charge in [-0.25, -0.2) is 4.79 Å². The molecular weight excluding hydrogens is 270 g/mol. The van der Waals surface area contributed by atoms with Crippen LogP contribution in [0.2, 0.25) is 0 Å². The zero-order valence-corrected chi connectivity index (χ0v) is 13.9. The lowest BCUT2D eigenvalue weighted by Gasteiger charge is -2.35. The van der Waals surface area contributed by atoms with Gasteiger partial charge < -0.3 is 14.6 Å². The molecule has 0 radical (unpaired) electrons. The van der Waals surface area contributed by atoms with E-state index < -0.39 is 11.8 Å². The van der Waals surface area contributed by atoms with Crippen LogP contribution in [0.4, 0.5) is 4.79 Å². The normalized spacial score (nSPS) is 33.2. The van der Waals surface area contributed by atoms with Crippen molar-refractivity contribution in [1.29, 1.82) is 0 Å². The molecule has 5 nitrogen and oxygen atoms in total. The van der Waals surface area contributed by atoms with Crippen molar-refractivity contribution >= 4 is 6.09 Å². The van der Waals surface area contributed by atoms with Crippen LogP contribution in [0, 0.1) is 11.3 Å². The lowest BCUT2D eigenvalue weighted by atomic mass is 9.80. The molecule has 3 atom stereocenters. The molecule has 0 aliphatic carbocycles. The summed E-state index contributed by atoms with van der Waals surface area (Å²) in [6.45, 7) is 11.6. The number of hydrogen-bond acceptors (Lipinski definition) is 3. The maximum atomic E-state index is 11.8. The van der Waals surface area contributed by atoms with Crippen molar-refractivity contribution in [2.45, 2.75) is 71.8 Å². The third kappa shape index (κ3) is 3.51. The number of nitrogens with zero attached hydrogens (tertiary/aromatic N) is 1. The summed E-state index contributed by atoms with van der Waals surface area (Å²) in [6.07, 6.45) is 2.01. The smallest absolute Gasteiger partial charge is 0.409 e. The minimum absolute atomic E-state index is 0.0921. The van der Waals surface area contributed by atoms with E-state index in [0.29, 0.717) is 5.92 Å². The fraction of sp³-hybridized carbons (Fsp3) is 0.938. The van der Waals surface area contributed by atoms with Gasteiger partial charge in [-0.1, -0.05) is 20.8 Å². The summed E-state index contributed by atoms with van der Waals surface area (Å²) in [6, 6.07) is -0.107. The molecule has 0 saturated carbocycles. The van der Waals surface area contributed by atoms with Crippen LogP contribution in [0.15, 0.2) is 0 Å². The first kappa shape index (κ1) is 16.6. The van der Waals surface area contributed by atoms with Crippen molar-refractivity contribution in [1.82, 2.24) is 4.90 Å². The van der Waals surface area contributed by atoms with E-state index in [-0.39, 0.29) is 17.6 Å². The molecule has 2 rings (SSSR count). The fourth-order valence-corrected chi connectivity index (χ4v) is 3.67. The van der Waals surface area contributed by atoms with Gasteiger partial charge in [0.2, 0.25) is 0 Å². The number of amides is 1. The summed E-state index contributed by atoms with van der Waals surface area (Å²) in [5, 5.41) is 9.65. The van der Waals surface area contributed by atoms with Crippen molar-refractivity contribution in [3.8, 4) is 0 Å². The Kier molecular flexibility index (Phi) is 4.54. The zero-order chi connectivity index (χ0) is 15.8. The maximum Gasteiger partial charge on any atom is 0.409 e. The van der Waals surface area contributed by atoms with Crippen LogP contribution in [0.1, 0.15) is 53.9 Å². The standard InChI is InChI=1S/C16H29NO4/c1-15(2,3)13-12(9-11-7-6-8-20-10-11)17(14(18)19)16(4,5)21-13/h11-13H,6-10H2,1-5H3,(H,18,19)/t11-,12?,13?/m1/s1. The quantitative estimate of drug-likeness (QED) is 0.849. The van der Waals surface area contributed by atoms with Crippen LogP contribution < -0.4 is 0 Å². The Morgan fingerprint density at radius 3 is 2.52 bits per heavy atom. The fourth-order valence-electron chi connectivity index (χ4n) is 3.67. The van der Waals surface area contributed by atoms with Crippen LogP contribution in [0.5, 0.6) is 0 Å². The number of ether oxygens (including phenoxy) is 2. The van der Waals surface area contributed by atoms with Crippen LogP contribution in [0.25, 0.3) is 0 Å². The first-order chi connectivity index (χ1) is 9.63. The molecule has 0 aromatic carbocycles. The van der Waals surface area contributed by atoms with E-state index in [1.165, 1.54) is 4.90 Å². The van der Waals surface area contributed by atoms with Gasteiger partial charge in [-0.05, 0) is 44.4 Å². The van der Waals surface area contributed by atoms with E-state index in [9.17, 15) is 9.90 Å². The predicted molar refractivity (Wildman–Crippen MR) is 80.2 cm³/mol. The Bertz CT molecular complexity index is 382. The average molecular weight is 299 g/mol. The topological polar surface area (TPSA) is 59.0 Å². The Labute approximate surface area is 127 Å². The second kappa shape index (κ2) is 5.76. The van der Waals surface area contributed by atoms with Crippen molar-refractivity contribution in [2.24, 2.45) is 11.3 Å². The third-order valence-electron chi connectivity index (χ3n) is 4.57. The van der Waals surface area contributed by atoms with Gasteiger partial charge in [0.1, 0.15) is 5.72 Å². The summed E-state index contributed by atoms with van der Waals surface area (Å²) < 4.78 is 11.7. The highest BCUT2D eigenvalue weighted by molar-refractivity contribution is 5.67. The van der Waals surface area contributed by atoms with E-state index in [1.54, 1.807) is 0 Å². The molecule has 2 unspecified atom stereocenters. The molecule has 0 spiro atoms. The number of hydrogen-bond donors (Lipinski definition) is 1. The lowest BCUT2D eigenvalue weighted by Crippen LogP contribution is -2.49. The van der Waals surface area contributed by atoms with Gasteiger partial charge in [-0.2, -0.15) is 0 Å². The van der Waals surface area contributed by atoms with E-state index in [0.717, 1.165) is 32.5 Å². The summed E-state index contributed by atoms with van der Waals surface area (Å²) in [5.74, 6) is 0.424. The van der Waals surface area contributed by atoms with Gasteiger partial charge in [-0.3, -0.25) is 4.90 Å². The molecule has 0 aromatic heterocycles. The van der Waals surface area contributed by atoms with Crippen LogP contribution in [-0.2, 0) is 9.47 Å². The summed E-state index contributed by atoms with van der Waals surface area (Å²) >= 11 is 0. The monoisotopic (exact) mass is 299 g/mol. The first-order valence-corrected chi connectivity index (χ1v) is 7.91. The minimum atomic E-state index is -0.895. The molecule has 5 heteroatoms. The SMILES string of the molecule is CC(C)(C)C1OC(C)(C)N(C(=O)O)C1C[C@H]1CCCOC1. The molecule has 1 N–H and O–H groups in total. The Morgan fingerprint density at radius 2 is 2.05 bits per heavy atom. The third-order valence-corrected chi connectivity index (χ3v) is 4.57. The summed E-state index contributed by atoms with van der Waals surface area (Å²) in [7, 11) is 0. The van der Waals surface area contributed by atoms with Gasteiger partial charge in [0.25, 0.3) is 0 Å². The molecular formula is C16H29NO4. The van der Waals surface area contributed by atoms with Crippen LogP contribution in [-0.4, -0.2) is 47.2 Å². The van der Waals surface area contributed by atoms with Gasteiger partial charge >= 0.3 is 6.09 Å². The van der Waals surface area contributed by atoms with Crippen molar-refractivity contribution < 1.29 is 19.4 Å². The second-order valence-corrected chi connectivity index (χ2v) is 7.89. The molecule has 122 valence electrons. The number of rotatable bonds is 2. The average Bonchev–Trinajstić information content (AvgIpc) is 2.61. The van der Waals surface area contributed by atoms with E-state index in [4.69, 9.17) is 9.47 Å². The molecule has 2 fully saturated rings. The molecule has 0 bridgehead atoms. The maximum absolute atomic E-state index is 11.8. The molecule has 2 saturated heterocycles. The van der Waals surface area contributed by atoms with Crippen LogP contribution >= 0.6 is 0 Å². The molecule has 1 amide bonds. The van der Waals surface area contributed by atoms with E-state index >= 15 is 0 Å². The van der Waals surface area contributed by atoms with Crippen molar-refractivity contribution in [3.05, 3.63) is 0 Å². The second-order valence-electron chi connectivity index (χ2n) is 7.89. The summed E-state index contributed by atoms with van der Waals surface area (Å²) in [4.78, 5) is 13.3.